The first kappa shape index (κ1) is 8.87. The molecule has 0 unspecified atom stereocenters. The van der Waals surface area contributed by atoms with E-state index in [-0.39, 0.29) is 0 Å². The lowest BCUT2D eigenvalue weighted by Crippen LogP contribution is -2.01. The van der Waals surface area contributed by atoms with E-state index in [0.29, 0.717) is 0 Å². The van der Waals surface area contributed by atoms with Gasteiger partial charge >= 0.3 is 0 Å². The Hall–Kier alpha value is -0.130. The van der Waals surface area contributed by atoms with Crippen LogP contribution in [0.4, 0.5) is 0 Å². The van der Waals surface area contributed by atoms with Crippen LogP contribution in [0.3, 0.4) is 0 Å². The summed E-state index contributed by atoms with van der Waals surface area (Å²) in [5.74, 6) is 7.98. The second kappa shape index (κ2) is 7.87. The largest absolute Gasteiger partial charge is 0.330 e. The minimum atomic E-state index is 0.762. The fourth-order valence-corrected chi connectivity index (χ4v) is 0.898. The number of hydrogen-bond acceptors (Lipinski definition) is 2. The molecule has 0 amide bonds. The second-order valence-electron chi connectivity index (χ2n) is 1.55. The van der Waals surface area contributed by atoms with Crippen LogP contribution in [0.5, 0.6) is 0 Å². The van der Waals surface area contributed by atoms with E-state index in [1.54, 1.807) is 11.8 Å². The van der Waals surface area contributed by atoms with Crippen molar-refractivity contribution in [3.8, 4) is 11.8 Å². The highest BCUT2D eigenvalue weighted by Crippen LogP contribution is 1.94. The van der Waals surface area contributed by atoms with Gasteiger partial charge in [0.1, 0.15) is 0 Å². The lowest BCUT2D eigenvalue weighted by atomic mass is 10.5. The molecule has 2 N–H and O–H groups in total. The van der Waals surface area contributed by atoms with E-state index in [4.69, 9.17) is 5.73 Å². The Kier molecular flexibility index (Phi) is 7.76. The van der Waals surface area contributed by atoms with Crippen LogP contribution in [0.15, 0.2) is 0 Å². The second-order valence-corrected chi connectivity index (χ2v) is 2.65. The van der Waals surface area contributed by atoms with Crippen molar-refractivity contribution < 1.29 is 0 Å². The van der Waals surface area contributed by atoms with Crippen LogP contribution in [0.25, 0.3) is 0 Å². The minimum Gasteiger partial charge on any atom is -0.330 e. The van der Waals surface area contributed by atoms with Crippen molar-refractivity contribution in [2.45, 2.75) is 13.3 Å². The zero-order valence-electron chi connectivity index (χ0n) is 5.81. The van der Waals surface area contributed by atoms with Gasteiger partial charge in [-0.15, -0.1) is 17.7 Å². The predicted octanol–water partition coefficient (Wildman–Crippen LogP) is 1.09. The van der Waals surface area contributed by atoms with Crippen molar-refractivity contribution in [2.24, 2.45) is 5.73 Å². The van der Waals surface area contributed by atoms with Crippen LogP contribution >= 0.6 is 11.8 Å². The maximum absolute atomic E-state index is 5.27. The van der Waals surface area contributed by atoms with Crippen LogP contribution in [0.1, 0.15) is 13.3 Å². The molecule has 9 heavy (non-hydrogen) atoms. The minimum absolute atomic E-state index is 0.762. The fourth-order valence-electron chi connectivity index (χ4n) is 0.383. The Balaban J connectivity index is 2.90. The molecule has 0 aliphatic heterocycles. The predicted molar refractivity (Wildman–Crippen MR) is 44.4 cm³/mol. The highest BCUT2D eigenvalue weighted by Gasteiger charge is 1.78. The number of nitrogens with two attached hydrogens (primary N) is 1. The summed E-state index contributed by atoms with van der Waals surface area (Å²) >= 11 is 1.79. The van der Waals surface area contributed by atoms with Gasteiger partial charge in [-0.05, 0) is 0 Å². The third-order valence-corrected chi connectivity index (χ3v) is 1.61. The van der Waals surface area contributed by atoms with Crippen LogP contribution in [-0.2, 0) is 0 Å². The molecular formula is C7H13NS. The number of rotatable bonds is 3. The molecule has 0 atom stereocenters. The smallest absolute Gasteiger partial charge is 0.0547 e. The van der Waals surface area contributed by atoms with Crippen molar-refractivity contribution >= 4 is 11.8 Å². The Morgan fingerprint density at radius 1 is 1.44 bits per heavy atom. The van der Waals surface area contributed by atoms with Gasteiger partial charge in [0.2, 0.25) is 0 Å². The first-order valence-electron chi connectivity index (χ1n) is 3.15. The van der Waals surface area contributed by atoms with Gasteiger partial charge in [-0.2, -0.15) is 0 Å². The topological polar surface area (TPSA) is 26.0 Å². The average molecular weight is 143 g/mol. The zero-order valence-corrected chi connectivity index (χ0v) is 6.63. The third-order valence-electron chi connectivity index (χ3n) is 0.738. The first-order valence-corrected chi connectivity index (χ1v) is 4.30. The van der Waals surface area contributed by atoms with Crippen LogP contribution < -0.4 is 5.73 Å². The van der Waals surface area contributed by atoms with E-state index in [0.717, 1.165) is 24.5 Å². The van der Waals surface area contributed by atoms with Gasteiger partial charge in [-0.25, -0.2) is 0 Å². The molecule has 0 aliphatic carbocycles. The third kappa shape index (κ3) is 7.87. The van der Waals surface area contributed by atoms with Gasteiger partial charge in [0.25, 0.3) is 0 Å². The molecule has 0 aromatic rings. The van der Waals surface area contributed by atoms with E-state index >= 15 is 0 Å². The number of thioether (sulfide) groups is 1. The van der Waals surface area contributed by atoms with Gasteiger partial charge in [0.15, 0.2) is 0 Å². The SMILES string of the molecule is CCC#CCSCCN. The van der Waals surface area contributed by atoms with Crippen molar-refractivity contribution in [2.75, 3.05) is 18.1 Å². The molecule has 0 aromatic heterocycles. The van der Waals surface area contributed by atoms with Crippen LogP contribution in [0, 0.1) is 11.8 Å². The van der Waals surface area contributed by atoms with Gasteiger partial charge < -0.3 is 5.73 Å². The summed E-state index contributed by atoms with van der Waals surface area (Å²) in [6.45, 7) is 2.82. The van der Waals surface area contributed by atoms with Crippen molar-refractivity contribution in [3.63, 3.8) is 0 Å². The van der Waals surface area contributed by atoms with E-state index in [9.17, 15) is 0 Å². The Morgan fingerprint density at radius 3 is 2.78 bits per heavy atom. The van der Waals surface area contributed by atoms with Gasteiger partial charge in [-0.3, -0.25) is 0 Å². The molecule has 52 valence electrons. The molecule has 0 radical (unpaired) electrons. The summed E-state index contributed by atoms with van der Waals surface area (Å²) in [5.41, 5.74) is 5.27. The number of hydrogen-bond donors (Lipinski definition) is 1. The molecule has 0 heterocycles. The maximum atomic E-state index is 5.27. The van der Waals surface area contributed by atoms with Crippen molar-refractivity contribution in [1.29, 1.82) is 0 Å². The molecule has 0 spiro atoms. The molecule has 0 aromatic carbocycles. The average Bonchev–Trinajstić information content (AvgIpc) is 1.89. The van der Waals surface area contributed by atoms with E-state index < -0.39 is 0 Å². The standard InChI is InChI=1S/C7H13NS/c1-2-3-4-6-9-7-5-8/h2,5-8H2,1H3. The molecule has 0 fully saturated rings. The molecule has 0 bridgehead atoms. The van der Waals surface area contributed by atoms with Crippen LogP contribution in [-0.4, -0.2) is 18.1 Å². The molecule has 0 saturated heterocycles. The van der Waals surface area contributed by atoms with Crippen molar-refractivity contribution in [1.82, 2.24) is 0 Å². The van der Waals surface area contributed by atoms with Gasteiger partial charge in [-0.1, -0.05) is 12.8 Å². The molecule has 0 rings (SSSR count). The van der Waals surface area contributed by atoms with Crippen LogP contribution in [0.2, 0.25) is 0 Å². The molecule has 1 nitrogen and oxygen atoms in total. The Bertz CT molecular complexity index is 101. The summed E-state index contributed by atoms with van der Waals surface area (Å²) in [7, 11) is 0. The van der Waals surface area contributed by atoms with Gasteiger partial charge in [0, 0.05) is 18.7 Å². The summed E-state index contributed by atoms with van der Waals surface area (Å²) in [6, 6.07) is 0. The van der Waals surface area contributed by atoms with Crippen molar-refractivity contribution in [3.05, 3.63) is 0 Å². The van der Waals surface area contributed by atoms with Gasteiger partial charge in [0.05, 0.1) is 5.75 Å². The van der Waals surface area contributed by atoms with E-state index in [1.165, 1.54) is 0 Å². The van der Waals surface area contributed by atoms with E-state index in [2.05, 4.69) is 18.8 Å². The monoisotopic (exact) mass is 143 g/mol. The highest BCUT2D eigenvalue weighted by atomic mass is 32.2. The quantitative estimate of drug-likeness (QED) is 0.473. The normalized spacial score (nSPS) is 8.22. The lowest BCUT2D eigenvalue weighted by molar-refractivity contribution is 1.15. The molecule has 2 heteroatoms. The van der Waals surface area contributed by atoms with E-state index in [1.807, 2.05) is 0 Å². The molecule has 0 saturated carbocycles. The highest BCUT2D eigenvalue weighted by molar-refractivity contribution is 7.99. The Morgan fingerprint density at radius 2 is 2.22 bits per heavy atom. The molecule has 0 aliphatic rings. The first-order chi connectivity index (χ1) is 4.41. The summed E-state index contributed by atoms with van der Waals surface area (Å²) in [6.07, 6.45) is 0.961. The maximum Gasteiger partial charge on any atom is 0.0547 e. The molecular weight excluding hydrogens is 130 g/mol. The Labute approximate surface area is 61.4 Å². The lowest BCUT2D eigenvalue weighted by Gasteiger charge is -1.88. The fraction of sp³-hybridized carbons (Fsp3) is 0.714. The summed E-state index contributed by atoms with van der Waals surface area (Å²) in [4.78, 5) is 0. The zero-order chi connectivity index (χ0) is 6.95. The summed E-state index contributed by atoms with van der Waals surface area (Å²) < 4.78 is 0. The summed E-state index contributed by atoms with van der Waals surface area (Å²) in [5, 5.41) is 0.